The number of rotatable bonds is 5. The van der Waals surface area contributed by atoms with Crippen molar-refractivity contribution in [1.82, 2.24) is 0 Å². The second kappa shape index (κ2) is 7.04. The zero-order chi connectivity index (χ0) is 14.5. The molecule has 20 heavy (non-hydrogen) atoms. The zero-order valence-electron chi connectivity index (χ0n) is 10.2. The first-order valence-corrected chi connectivity index (χ1v) is 7.44. The van der Waals surface area contributed by atoms with Crippen molar-refractivity contribution in [2.45, 2.75) is 17.2 Å². The molecule has 2 aromatic rings. The number of benzene rings is 2. The van der Waals surface area contributed by atoms with Gasteiger partial charge in [0.1, 0.15) is 5.82 Å². The Morgan fingerprint density at radius 1 is 1.15 bits per heavy atom. The Bertz CT molecular complexity index is 572. The predicted octanol–water partition coefficient (Wildman–Crippen LogP) is 5.52. The summed E-state index contributed by atoms with van der Waals surface area (Å²) in [6.07, 6.45) is 0. The Morgan fingerprint density at radius 3 is 2.60 bits per heavy atom. The second-order valence-corrected chi connectivity index (χ2v) is 5.95. The molecule has 0 aromatic heterocycles. The fraction of sp³-hybridized carbons (Fsp3) is 0.143. The topological polar surface area (TPSA) is 12.0 Å². The van der Waals surface area contributed by atoms with E-state index in [-0.39, 0.29) is 5.82 Å². The molecule has 0 radical (unpaired) electrons. The molecule has 2 rings (SSSR count). The molecule has 1 N–H and O–H groups in total. The van der Waals surface area contributed by atoms with Crippen molar-refractivity contribution in [2.75, 3.05) is 5.32 Å². The summed E-state index contributed by atoms with van der Waals surface area (Å²) in [5.74, 6) is -2.81. The first-order chi connectivity index (χ1) is 9.54. The van der Waals surface area contributed by atoms with E-state index in [0.717, 1.165) is 5.56 Å². The minimum atomic E-state index is -2.47. The Balaban J connectivity index is 2.10. The molecule has 0 saturated carbocycles. The largest absolute Gasteiger partial charge is 0.380 e. The number of alkyl halides is 2. The molecular formula is C14H11BrF3NS. The fourth-order valence-electron chi connectivity index (χ4n) is 1.72. The van der Waals surface area contributed by atoms with Gasteiger partial charge in [-0.2, -0.15) is 8.78 Å². The van der Waals surface area contributed by atoms with Crippen molar-refractivity contribution in [1.29, 1.82) is 0 Å². The van der Waals surface area contributed by atoms with Crippen molar-refractivity contribution in [2.24, 2.45) is 0 Å². The van der Waals surface area contributed by atoms with Crippen molar-refractivity contribution in [3.8, 4) is 0 Å². The van der Waals surface area contributed by atoms with Crippen LogP contribution < -0.4 is 5.32 Å². The van der Waals surface area contributed by atoms with E-state index in [9.17, 15) is 13.2 Å². The van der Waals surface area contributed by atoms with Crippen LogP contribution in [0.1, 0.15) is 5.56 Å². The lowest BCUT2D eigenvalue weighted by Gasteiger charge is -2.11. The van der Waals surface area contributed by atoms with E-state index < -0.39 is 5.76 Å². The highest BCUT2D eigenvalue weighted by molar-refractivity contribution is 9.10. The number of nitrogens with one attached hydrogen (secondary N) is 1. The Kier molecular flexibility index (Phi) is 5.37. The van der Waals surface area contributed by atoms with Gasteiger partial charge in [-0.05, 0) is 35.9 Å². The molecule has 0 saturated heterocycles. The summed E-state index contributed by atoms with van der Waals surface area (Å²) in [7, 11) is 0. The standard InChI is InChI=1S/C14H11BrF3NS/c15-10-5-9(6-11(16)7-10)8-19-12-3-1-2-4-13(12)20-14(17)18/h1-7,14,19H,8H2. The molecule has 0 aliphatic heterocycles. The molecule has 6 heteroatoms. The van der Waals surface area contributed by atoms with Crippen LogP contribution in [0.25, 0.3) is 0 Å². The van der Waals surface area contributed by atoms with E-state index in [4.69, 9.17) is 0 Å². The molecule has 0 unspecified atom stereocenters. The maximum Gasteiger partial charge on any atom is 0.288 e. The summed E-state index contributed by atoms with van der Waals surface area (Å²) in [5, 5.41) is 3.05. The summed E-state index contributed by atoms with van der Waals surface area (Å²) >= 11 is 3.70. The average Bonchev–Trinajstić information content (AvgIpc) is 2.36. The van der Waals surface area contributed by atoms with Gasteiger partial charge < -0.3 is 5.32 Å². The molecule has 1 nitrogen and oxygen atoms in total. The third-order valence-electron chi connectivity index (χ3n) is 2.51. The van der Waals surface area contributed by atoms with E-state index in [1.165, 1.54) is 12.1 Å². The predicted molar refractivity (Wildman–Crippen MR) is 79.7 cm³/mol. The Hall–Kier alpha value is -1.14. The molecule has 2 aromatic carbocycles. The summed E-state index contributed by atoms with van der Waals surface area (Å²) in [6, 6.07) is 11.4. The number of halogens is 4. The number of hydrogen-bond acceptors (Lipinski definition) is 2. The monoisotopic (exact) mass is 361 g/mol. The van der Waals surface area contributed by atoms with Crippen LogP contribution in [0.2, 0.25) is 0 Å². The quantitative estimate of drug-likeness (QED) is 0.704. The molecular weight excluding hydrogens is 351 g/mol. The Morgan fingerprint density at radius 2 is 1.90 bits per heavy atom. The number of thioether (sulfide) groups is 1. The third kappa shape index (κ3) is 4.45. The highest BCUT2D eigenvalue weighted by atomic mass is 79.9. The van der Waals surface area contributed by atoms with Crippen LogP contribution in [0.3, 0.4) is 0 Å². The van der Waals surface area contributed by atoms with Gasteiger partial charge in [0.2, 0.25) is 0 Å². The molecule has 0 bridgehead atoms. The third-order valence-corrected chi connectivity index (χ3v) is 3.75. The fourth-order valence-corrected chi connectivity index (χ4v) is 2.85. The minimum Gasteiger partial charge on any atom is -0.380 e. The lowest BCUT2D eigenvalue weighted by molar-refractivity contribution is 0.252. The van der Waals surface area contributed by atoms with Gasteiger partial charge in [-0.25, -0.2) is 4.39 Å². The first-order valence-electron chi connectivity index (χ1n) is 5.77. The van der Waals surface area contributed by atoms with E-state index in [1.807, 2.05) is 0 Å². The van der Waals surface area contributed by atoms with Gasteiger partial charge in [0, 0.05) is 21.6 Å². The normalized spacial score (nSPS) is 10.8. The van der Waals surface area contributed by atoms with Gasteiger partial charge in [-0.1, -0.05) is 39.8 Å². The van der Waals surface area contributed by atoms with E-state index >= 15 is 0 Å². The Labute approximate surface area is 127 Å². The van der Waals surface area contributed by atoms with E-state index in [2.05, 4.69) is 21.2 Å². The van der Waals surface area contributed by atoms with E-state index in [1.54, 1.807) is 30.3 Å². The number of hydrogen-bond donors (Lipinski definition) is 1. The van der Waals surface area contributed by atoms with Crippen LogP contribution in [-0.4, -0.2) is 5.76 Å². The van der Waals surface area contributed by atoms with Crippen LogP contribution in [0.4, 0.5) is 18.9 Å². The van der Waals surface area contributed by atoms with Crippen LogP contribution >= 0.6 is 27.7 Å². The summed E-state index contributed by atoms with van der Waals surface area (Å²) < 4.78 is 38.8. The highest BCUT2D eigenvalue weighted by Crippen LogP contribution is 2.31. The zero-order valence-corrected chi connectivity index (χ0v) is 12.6. The van der Waals surface area contributed by atoms with Crippen LogP contribution in [-0.2, 0) is 6.54 Å². The molecule has 0 amide bonds. The van der Waals surface area contributed by atoms with Crippen molar-refractivity contribution >= 4 is 33.4 Å². The van der Waals surface area contributed by atoms with Crippen LogP contribution in [0, 0.1) is 5.82 Å². The minimum absolute atomic E-state index is 0.341. The molecule has 0 heterocycles. The molecule has 0 aliphatic rings. The summed E-state index contributed by atoms with van der Waals surface area (Å²) in [6.45, 7) is 0.358. The number of para-hydroxylation sites is 1. The van der Waals surface area contributed by atoms with E-state index in [0.29, 0.717) is 33.4 Å². The average molecular weight is 362 g/mol. The molecule has 0 atom stereocenters. The summed E-state index contributed by atoms with van der Waals surface area (Å²) in [5.41, 5.74) is 1.34. The molecule has 0 spiro atoms. The van der Waals surface area contributed by atoms with Crippen molar-refractivity contribution < 1.29 is 13.2 Å². The molecule has 0 fully saturated rings. The maximum absolute atomic E-state index is 13.2. The van der Waals surface area contributed by atoms with Gasteiger partial charge >= 0.3 is 0 Å². The first kappa shape index (κ1) is 15.3. The molecule has 106 valence electrons. The smallest absolute Gasteiger partial charge is 0.288 e. The molecule has 0 aliphatic carbocycles. The lowest BCUT2D eigenvalue weighted by atomic mass is 10.2. The van der Waals surface area contributed by atoms with Crippen molar-refractivity contribution in [3.63, 3.8) is 0 Å². The van der Waals surface area contributed by atoms with Gasteiger partial charge in [-0.3, -0.25) is 0 Å². The number of anilines is 1. The van der Waals surface area contributed by atoms with Gasteiger partial charge in [-0.15, -0.1) is 0 Å². The van der Waals surface area contributed by atoms with Gasteiger partial charge in [0.25, 0.3) is 5.76 Å². The van der Waals surface area contributed by atoms with Crippen LogP contribution in [0.15, 0.2) is 51.8 Å². The SMILES string of the molecule is Fc1cc(Br)cc(CNc2ccccc2SC(F)F)c1. The van der Waals surface area contributed by atoms with Crippen LogP contribution in [0.5, 0.6) is 0 Å². The maximum atomic E-state index is 13.2. The van der Waals surface area contributed by atoms with Crippen molar-refractivity contribution in [3.05, 3.63) is 58.3 Å². The highest BCUT2D eigenvalue weighted by Gasteiger charge is 2.09. The summed E-state index contributed by atoms with van der Waals surface area (Å²) in [4.78, 5) is 0.470. The lowest BCUT2D eigenvalue weighted by Crippen LogP contribution is -2.01. The van der Waals surface area contributed by atoms with Gasteiger partial charge in [0.05, 0.1) is 0 Å². The van der Waals surface area contributed by atoms with Gasteiger partial charge in [0.15, 0.2) is 0 Å². The second-order valence-electron chi connectivity index (χ2n) is 4.01.